The van der Waals surface area contributed by atoms with Crippen LogP contribution in [0.15, 0.2) is 18.3 Å². The molecule has 1 N–H and O–H groups in total. The van der Waals surface area contributed by atoms with E-state index in [2.05, 4.69) is 20.1 Å². The van der Waals surface area contributed by atoms with E-state index in [-0.39, 0.29) is 0 Å². The molecule has 0 saturated carbocycles. The van der Waals surface area contributed by atoms with Crippen molar-refractivity contribution in [2.24, 2.45) is 7.05 Å². The van der Waals surface area contributed by atoms with Crippen LogP contribution in [0.3, 0.4) is 0 Å². The maximum absolute atomic E-state index is 4.50. The molecule has 0 radical (unpaired) electrons. The molecule has 0 fully saturated rings. The largest absolute Gasteiger partial charge is 0.336 e. The standard InChI is InChI=1S/C12H13N5/c1-7-10(8(2)17(3)16-7)12-14-9-5-4-6-13-11(9)15-12/h4-6H,1-3H3,(H,13,14,15). The van der Waals surface area contributed by atoms with Crippen LogP contribution in [0, 0.1) is 13.8 Å². The Morgan fingerprint density at radius 1 is 1.29 bits per heavy atom. The van der Waals surface area contributed by atoms with Gasteiger partial charge in [-0.25, -0.2) is 9.97 Å². The molecule has 0 saturated heterocycles. The van der Waals surface area contributed by atoms with Crippen LogP contribution in [-0.2, 0) is 7.05 Å². The number of H-pyrrole nitrogens is 1. The van der Waals surface area contributed by atoms with E-state index in [0.29, 0.717) is 0 Å². The zero-order valence-corrected chi connectivity index (χ0v) is 10.0. The van der Waals surface area contributed by atoms with Gasteiger partial charge in [0.05, 0.1) is 16.8 Å². The summed E-state index contributed by atoms with van der Waals surface area (Å²) in [5.74, 6) is 0.835. The van der Waals surface area contributed by atoms with Gasteiger partial charge in [0.1, 0.15) is 5.82 Å². The Labute approximate surface area is 98.5 Å². The van der Waals surface area contributed by atoms with Crippen LogP contribution in [0.25, 0.3) is 22.6 Å². The number of nitrogens with one attached hydrogen (secondary N) is 1. The lowest BCUT2D eigenvalue weighted by Crippen LogP contribution is -1.92. The minimum absolute atomic E-state index is 0.741. The Bertz CT molecular complexity index is 659. The molecule has 0 spiro atoms. The Hall–Kier alpha value is -2.17. The van der Waals surface area contributed by atoms with E-state index >= 15 is 0 Å². The summed E-state index contributed by atoms with van der Waals surface area (Å²) in [6.07, 6.45) is 1.75. The number of fused-ring (bicyclic) bond motifs is 1. The average molecular weight is 227 g/mol. The van der Waals surface area contributed by atoms with Crippen molar-refractivity contribution in [2.75, 3.05) is 0 Å². The quantitative estimate of drug-likeness (QED) is 0.691. The molecule has 0 aliphatic heterocycles. The number of nitrogens with zero attached hydrogens (tertiary/aromatic N) is 4. The Kier molecular flexibility index (Phi) is 2.01. The Morgan fingerprint density at radius 3 is 2.76 bits per heavy atom. The smallest absolute Gasteiger partial charge is 0.178 e. The lowest BCUT2D eigenvalue weighted by Gasteiger charge is -1.96. The van der Waals surface area contributed by atoms with Crippen LogP contribution < -0.4 is 0 Å². The second-order valence-electron chi connectivity index (χ2n) is 4.13. The number of aromatic amines is 1. The monoisotopic (exact) mass is 227 g/mol. The number of hydrogen-bond acceptors (Lipinski definition) is 3. The van der Waals surface area contributed by atoms with E-state index in [1.165, 1.54) is 0 Å². The fourth-order valence-corrected chi connectivity index (χ4v) is 2.08. The summed E-state index contributed by atoms with van der Waals surface area (Å²) in [4.78, 5) is 12.0. The molecule has 86 valence electrons. The fourth-order valence-electron chi connectivity index (χ4n) is 2.08. The van der Waals surface area contributed by atoms with Crippen LogP contribution in [-0.4, -0.2) is 24.7 Å². The first-order valence-electron chi connectivity index (χ1n) is 5.48. The molecule has 0 aromatic carbocycles. The molecule has 0 bridgehead atoms. The average Bonchev–Trinajstić information content (AvgIpc) is 2.81. The number of aromatic nitrogens is 5. The summed E-state index contributed by atoms with van der Waals surface area (Å²) in [5.41, 5.74) is 4.83. The van der Waals surface area contributed by atoms with Crippen molar-refractivity contribution in [3.63, 3.8) is 0 Å². The Balaban J connectivity index is 2.27. The van der Waals surface area contributed by atoms with E-state index in [9.17, 15) is 0 Å². The molecule has 0 amide bonds. The second-order valence-corrected chi connectivity index (χ2v) is 4.13. The third-order valence-corrected chi connectivity index (χ3v) is 3.00. The summed E-state index contributed by atoms with van der Waals surface area (Å²) in [7, 11) is 1.94. The van der Waals surface area contributed by atoms with Gasteiger partial charge in [0.2, 0.25) is 0 Å². The van der Waals surface area contributed by atoms with Crippen LogP contribution >= 0.6 is 0 Å². The maximum Gasteiger partial charge on any atom is 0.178 e. The first-order valence-corrected chi connectivity index (χ1v) is 5.48. The van der Waals surface area contributed by atoms with Crippen molar-refractivity contribution < 1.29 is 0 Å². The lowest BCUT2D eigenvalue weighted by molar-refractivity contribution is 0.731. The van der Waals surface area contributed by atoms with Crippen LogP contribution in [0.5, 0.6) is 0 Å². The lowest BCUT2D eigenvalue weighted by atomic mass is 10.2. The zero-order chi connectivity index (χ0) is 12.0. The molecule has 3 heterocycles. The first-order chi connectivity index (χ1) is 8.16. The van der Waals surface area contributed by atoms with Crippen LogP contribution in [0.1, 0.15) is 11.4 Å². The maximum atomic E-state index is 4.50. The van der Waals surface area contributed by atoms with Gasteiger partial charge in [-0.15, -0.1) is 0 Å². The molecule has 0 aliphatic carbocycles. The minimum atomic E-state index is 0.741. The normalized spacial score (nSPS) is 11.2. The molecule has 0 aliphatic rings. The highest BCUT2D eigenvalue weighted by Gasteiger charge is 2.15. The fraction of sp³-hybridized carbons (Fsp3) is 0.250. The van der Waals surface area contributed by atoms with Gasteiger partial charge in [0, 0.05) is 18.9 Å². The van der Waals surface area contributed by atoms with Gasteiger partial charge in [-0.1, -0.05) is 0 Å². The first kappa shape index (κ1) is 10.0. The van der Waals surface area contributed by atoms with E-state index in [1.54, 1.807) is 6.20 Å². The number of imidazole rings is 1. The van der Waals surface area contributed by atoms with Crippen molar-refractivity contribution in [2.45, 2.75) is 13.8 Å². The van der Waals surface area contributed by atoms with Crippen LogP contribution in [0.4, 0.5) is 0 Å². The summed E-state index contributed by atoms with van der Waals surface area (Å²) in [6, 6.07) is 3.87. The van der Waals surface area contributed by atoms with Gasteiger partial charge in [0.25, 0.3) is 0 Å². The summed E-state index contributed by atoms with van der Waals surface area (Å²) in [6.45, 7) is 4.03. The second kappa shape index (κ2) is 3.41. The molecular weight excluding hydrogens is 214 g/mol. The third-order valence-electron chi connectivity index (χ3n) is 3.00. The highest BCUT2D eigenvalue weighted by molar-refractivity contribution is 5.76. The zero-order valence-electron chi connectivity index (χ0n) is 10.0. The highest BCUT2D eigenvalue weighted by Crippen LogP contribution is 2.25. The Morgan fingerprint density at radius 2 is 2.12 bits per heavy atom. The predicted octanol–water partition coefficient (Wildman–Crippen LogP) is 1.98. The van der Waals surface area contributed by atoms with Gasteiger partial charge in [0.15, 0.2) is 5.65 Å². The number of rotatable bonds is 1. The van der Waals surface area contributed by atoms with Crippen molar-refractivity contribution in [1.29, 1.82) is 0 Å². The molecule has 3 aromatic rings. The summed E-state index contributed by atoms with van der Waals surface area (Å²) < 4.78 is 1.87. The van der Waals surface area contributed by atoms with E-state index in [1.807, 2.05) is 37.7 Å². The van der Waals surface area contributed by atoms with Crippen molar-refractivity contribution >= 4 is 11.2 Å². The third kappa shape index (κ3) is 1.43. The molecule has 17 heavy (non-hydrogen) atoms. The molecule has 5 heteroatoms. The van der Waals surface area contributed by atoms with Gasteiger partial charge >= 0.3 is 0 Å². The highest BCUT2D eigenvalue weighted by atomic mass is 15.3. The molecule has 0 unspecified atom stereocenters. The molecule has 3 rings (SSSR count). The van der Waals surface area contributed by atoms with Crippen LogP contribution in [0.2, 0.25) is 0 Å². The molecule has 5 nitrogen and oxygen atoms in total. The van der Waals surface area contributed by atoms with Gasteiger partial charge in [-0.05, 0) is 26.0 Å². The van der Waals surface area contributed by atoms with E-state index in [0.717, 1.165) is 33.9 Å². The predicted molar refractivity (Wildman–Crippen MR) is 65.6 cm³/mol. The minimum Gasteiger partial charge on any atom is -0.336 e. The molecule has 0 atom stereocenters. The van der Waals surface area contributed by atoms with Crippen molar-refractivity contribution in [3.05, 3.63) is 29.7 Å². The van der Waals surface area contributed by atoms with E-state index < -0.39 is 0 Å². The molecule has 3 aromatic heterocycles. The number of aryl methyl sites for hydroxylation is 2. The van der Waals surface area contributed by atoms with Crippen molar-refractivity contribution in [3.8, 4) is 11.4 Å². The summed E-state index contributed by atoms with van der Waals surface area (Å²) in [5, 5.41) is 4.39. The van der Waals surface area contributed by atoms with Gasteiger partial charge < -0.3 is 4.98 Å². The van der Waals surface area contributed by atoms with E-state index in [4.69, 9.17) is 0 Å². The van der Waals surface area contributed by atoms with Crippen molar-refractivity contribution in [1.82, 2.24) is 24.7 Å². The summed E-state index contributed by atoms with van der Waals surface area (Å²) >= 11 is 0. The number of pyridine rings is 1. The van der Waals surface area contributed by atoms with Gasteiger partial charge in [-0.3, -0.25) is 4.68 Å². The van der Waals surface area contributed by atoms with Gasteiger partial charge in [-0.2, -0.15) is 5.10 Å². The number of hydrogen-bond donors (Lipinski definition) is 1. The SMILES string of the molecule is Cc1nn(C)c(C)c1-c1nc2ncccc2[nH]1. The molecular formula is C12H13N5. The topological polar surface area (TPSA) is 59.4 Å².